The highest BCUT2D eigenvalue weighted by molar-refractivity contribution is 7.57. The number of hydrogen-bond donors (Lipinski definition) is 1. The summed E-state index contributed by atoms with van der Waals surface area (Å²) in [5.41, 5.74) is 0. The Morgan fingerprint density at radius 3 is 2.47 bits per heavy atom. The van der Waals surface area contributed by atoms with Crippen molar-refractivity contribution in [2.24, 2.45) is 11.8 Å². The van der Waals surface area contributed by atoms with Crippen LogP contribution in [0.25, 0.3) is 0 Å². The Bertz CT molecular complexity index is 191. The molecule has 1 saturated carbocycles. The molecule has 1 aliphatic carbocycles. The maximum atomic E-state index is 3.89. The number of nitrogens with one attached hydrogen (secondary N) is 1. The van der Waals surface area contributed by atoms with Crippen molar-refractivity contribution in [1.82, 2.24) is 5.32 Å². The normalized spacial score (nSPS) is 21.2. The summed E-state index contributed by atoms with van der Waals surface area (Å²) in [7, 11) is 0.185. The molecule has 102 valence electrons. The summed E-state index contributed by atoms with van der Waals surface area (Å²) in [6.45, 7) is 10.9. The van der Waals surface area contributed by atoms with Gasteiger partial charge in [0, 0.05) is 5.78 Å². The Morgan fingerprint density at radius 1 is 1.24 bits per heavy atom. The maximum Gasteiger partial charge on any atom is 0.0291 e. The summed E-state index contributed by atoms with van der Waals surface area (Å²) in [6, 6.07) is 0. The predicted octanol–water partition coefficient (Wildman–Crippen LogP) is 4.66. The van der Waals surface area contributed by atoms with E-state index >= 15 is 0 Å². The summed E-state index contributed by atoms with van der Waals surface area (Å²) in [5.74, 6) is 2.68. The average Bonchev–Trinajstić information content (AvgIpc) is 3.13. The highest BCUT2D eigenvalue weighted by atomic mass is 31.1. The monoisotopic (exact) mass is 257 g/mol. The van der Waals surface area contributed by atoms with E-state index in [1.165, 1.54) is 51.2 Å². The van der Waals surface area contributed by atoms with Crippen molar-refractivity contribution in [2.75, 3.05) is 19.4 Å². The molecule has 0 aliphatic heterocycles. The van der Waals surface area contributed by atoms with E-state index in [1.54, 1.807) is 0 Å². The molecule has 0 amide bonds. The molecule has 0 aromatic heterocycles. The lowest BCUT2D eigenvalue weighted by Crippen LogP contribution is -2.35. The third-order valence-electron chi connectivity index (χ3n) is 4.08. The Morgan fingerprint density at radius 2 is 1.94 bits per heavy atom. The largest absolute Gasteiger partial charge is 0.310 e. The second-order valence-electron chi connectivity index (χ2n) is 5.87. The van der Waals surface area contributed by atoms with Gasteiger partial charge in [0.25, 0.3) is 0 Å². The Balaban J connectivity index is 2.30. The van der Waals surface area contributed by atoms with Gasteiger partial charge in [0.1, 0.15) is 0 Å². The SMILES string of the molecule is CCCCCP(C)C(NCC1CC1)C(C)CC. The lowest BCUT2D eigenvalue weighted by atomic mass is 10.1. The number of rotatable bonds is 10. The fraction of sp³-hybridized carbons (Fsp3) is 1.00. The minimum atomic E-state index is 0.185. The van der Waals surface area contributed by atoms with Crippen molar-refractivity contribution in [1.29, 1.82) is 0 Å². The maximum absolute atomic E-state index is 3.89. The smallest absolute Gasteiger partial charge is 0.0291 e. The zero-order valence-electron chi connectivity index (χ0n) is 12.3. The molecule has 1 aliphatic rings. The van der Waals surface area contributed by atoms with Gasteiger partial charge in [-0.2, -0.15) is 0 Å². The van der Waals surface area contributed by atoms with Gasteiger partial charge in [0.2, 0.25) is 0 Å². The zero-order chi connectivity index (χ0) is 12.7. The van der Waals surface area contributed by atoms with Crippen molar-refractivity contribution >= 4 is 7.92 Å². The Labute approximate surface area is 110 Å². The molecule has 0 aromatic carbocycles. The minimum Gasteiger partial charge on any atom is -0.310 e. The van der Waals surface area contributed by atoms with Crippen LogP contribution in [0, 0.1) is 11.8 Å². The molecular formula is C15H32NP. The molecule has 1 fully saturated rings. The van der Waals surface area contributed by atoms with E-state index in [9.17, 15) is 0 Å². The first kappa shape index (κ1) is 15.4. The van der Waals surface area contributed by atoms with E-state index in [2.05, 4.69) is 32.8 Å². The minimum absolute atomic E-state index is 0.185. The van der Waals surface area contributed by atoms with Gasteiger partial charge in [0.05, 0.1) is 0 Å². The van der Waals surface area contributed by atoms with E-state index in [0.29, 0.717) is 0 Å². The lowest BCUT2D eigenvalue weighted by molar-refractivity contribution is 0.451. The molecule has 3 unspecified atom stereocenters. The van der Waals surface area contributed by atoms with Crippen LogP contribution in [0.5, 0.6) is 0 Å². The second-order valence-corrected chi connectivity index (χ2v) is 8.39. The van der Waals surface area contributed by atoms with Gasteiger partial charge in [-0.3, -0.25) is 0 Å². The first-order valence-corrected chi connectivity index (χ1v) is 9.67. The van der Waals surface area contributed by atoms with E-state index in [-0.39, 0.29) is 7.92 Å². The van der Waals surface area contributed by atoms with Crippen LogP contribution in [-0.4, -0.2) is 25.2 Å². The van der Waals surface area contributed by atoms with Gasteiger partial charge < -0.3 is 5.32 Å². The molecule has 1 rings (SSSR count). The third-order valence-corrected chi connectivity index (χ3v) is 6.75. The molecule has 0 aromatic rings. The van der Waals surface area contributed by atoms with E-state index in [4.69, 9.17) is 0 Å². The first-order valence-electron chi connectivity index (χ1n) is 7.62. The van der Waals surface area contributed by atoms with Crippen LogP contribution in [0.15, 0.2) is 0 Å². The molecular weight excluding hydrogens is 225 g/mol. The first-order chi connectivity index (χ1) is 8.19. The van der Waals surface area contributed by atoms with Gasteiger partial charge in [0.15, 0.2) is 0 Å². The third kappa shape index (κ3) is 6.20. The van der Waals surface area contributed by atoms with Crippen LogP contribution in [0.2, 0.25) is 0 Å². The van der Waals surface area contributed by atoms with E-state index < -0.39 is 0 Å². The molecule has 2 heteroatoms. The summed E-state index contributed by atoms with van der Waals surface area (Å²) in [4.78, 5) is 0. The van der Waals surface area contributed by atoms with Crippen molar-refractivity contribution in [3.8, 4) is 0 Å². The molecule has 1 N–H and O–H groups in total. The molecule has 0 bridgehead atoms. The summed E-state index contributed by atoms with van der Waals surface area (Å²) in [6.07, 6.45) is 9.94. The van der Waals surface area contributed by atoms with Gasteiger partial charge in [-0.05, 0) is 50.5 Å². The van der Waals surface area contributed by atoms with Crippen LogP contribution in [-0.2, 0) is 0 Å². The zero-order valence-corrected chi connectivity index (χ0v) is 13.2. The van der Waals surface area contributed by atoms with Crippen molar-refractivity contribution in [2.45, 2.75) is 65.1 Å². The summed E-state index contributed by atoms with van der Waals surface area (Å²) < 4.78 is 0. The number of hydrogen-bond acceptors (Lipinski definition) is 1. The van der Waals surface area contributed by atoms with Crippen LogP contribution >= 0.6 is 7.92 Å². The predicted molar refractivity (Wildman–Crippen MR) is 81.2 cm³/mol. The Kier molecular flexibility index (Phi) is 7.71. The van der Waals surface area contributed by atoms with E-state index in [0.717, 1.165) is 17.6 Å². The molecule has 3 atom stereocenters. The van der Waals surface area contributed by atoms with Crippen LogP contribution in [0.1, 0.15) is 59.3 Å². The summed E-state index contributed by atoms with van der Waals surface area (Å²) >= 11 is 0. The highest BCUT2D eigenvalue weighted by Gasteiger charge is 2.26. The van der Waals surface area contributed by atoms with Gasteiger partial charge in [-0.15, -0.1) is 0 Å². The fourth-order valence-corrected chi connectivity index (χ4v) is 4.87. The Hall–Kier alpha value is 0.390. The van der Waals surface area contributed by atoms with Crippen LogP contribution < -0.4 is 5.32 Å². The van der Waals surface area contributed by atoms with Crippen molar-refractivity contribution in [3.63, 3.8) is 0 Å². The standard InChI is InChI=1S/C15H32NP/c1-5-7-8-11-17(4)15(13(3)6-2)16-12-14-9-10-14/h13-16H,5-12H2,1-4H3. The molecule has 0 saturated heterocycles. The van der Waals surface area contributed by atoms with Gasteiger partial charge in [-0.25, -0.2) is 0 Å². The molecule has 0 radical (unpaired) electrons. The summed E-state index contributed by atoms with van der Waals surface area (Å²) in [5, 5.41) is 3.89. The average molecular weight is 257 g/mol. The molecule has 17 heavy (non-hydrogen) atoms. The van der Waals surface area contributed by atoms with Gasteiger partial charge >= 0.3 is 0 Å². The van der Waals surface area contributed by atoms with Crippen LogP contribution in [0.4, 0.5) is 0 Å². The number of unbranched alkanes of at least 4 members (excludes halogenated alkanes) is 2. The quantitative estimate of drug-likeness (QED) is 0.443. The molecule has 1 nitrogen and oxygen atoms in total. The van der Waals surface area contributed by atoms with Gasteiger partial charge in [-0.1, -0.05) is 48.0 Å². The topological polar surface area (TPSA) is 12.0 Å². The second kappa shape index (κ2) is 8.48. The van der Waals surface area contributed by atoms with Crippen LogP contribution in [0.3, 0.4) is 0 Å². The van der Waals surface area contributed by atoms with Crippen molar-refractivity contribution < 1.29 is 0 Å². The molecule has 0 spiro atoms. The van der Waals surface area contributed by atoms with E-state index in [1.807, 2.05) is 0 Å². The lowest BCUT2D eigenvalue weighted by Gasteiger charge is -2.31. The highest BCUT2D eigenvalue weighted by Crippen LogP contribution is 2.42. The molecule has 0 heterocycles. The fourth-order valence-electron chi connectivity index (χ4n) is 2.37. The van der Waals surface area contributed by atoms with Crippen molar-refractivity contribution in [3.05, 3.63) is 0 Å².